The summed E-state index contributed by atoms with van der Waals surface area (Å²) in [6.45, 7) is 4.05. The standard InChI is InChI=1S/C21H21FN2O/c1-14-5-6-16(11-15(14)2)17-7-8-18(19(22)12-17)20(25)24(3)21(13-23)9-4-10-21/h5-8,11-12H,4,9-10H2,1-3H3. The Morgan fingerprint density at radius 3 is 2.28 bits per heavy atom. The van der Waals surface area contributed by atoms with Crippen LogP contribution in [0.2, 0.25) is 0 Å². The molecule has 0 aliphatic heterocycles. The van der Waals surface area contributed by atoms with Crippen molar-refractivity contribution >= 4 is 5.91 Å². The number of nitrogens with zero attached hydrogens (tertiary/aromatic N) is 2. The fourth-order valence-corrected chi connectivity index (χ4v) is 3.20. The van der Waals surface area contributed by atoms with Crippen LogP contribution in [-0.4, -0.2) is 23.4 Å². The zero-order valence-electron chi connectivity index (χ0n) is 14.8. The summed E-state index contributed by atoms with van der Waals surface area (Å²) in [5, 5.41) is 9.38. The van der Waals surface area contributed by atoms with E-state index in [-0.39, 0.29) is 5.56 Å². The Morgan fingerprint density at radius 2 is 1.76 bits per heavy atom. The maximum Gasteiger partial charge on any atom is 0.257 e. The molecule has 1 aliphatic rings. The van der Waals surface area contributed by atoms with Gasteiger partial charge in [0.05, 0.1) is 11.6 Å². The van der Waals surface area contributed by atoms with E-state index < -0.39 is 17.3 Å². The Morgan fingerprint density at radius 1 is 1.12 bits per heavy atom. The summed E-state index contributed by atoms with van der Waals surface area (Å²) >= 11 is 0. The molecule has 2 aromatic rings. The van der Waals surface area contributed by atoms with Crippen LogP contribution in [0.1, 0.15) is 40.7 Å². The van der Waals surface area contributed by atoms with Crippen molar-refractivity contribution in [2.75, 3.05) is 7.05 Å². The highest BCUT2D eigenvalue weighted by molar-refractivity contribution is 5.95. The van der Waals surface area contributed by atoms with Gasteiger partial charge in [0.2, 0.25) is 0 Å². The van der Waals surface area contributed by atoms with E-state index in [4.69, 9.17) is 0 Å². The normalized spacial score (nSPS) is 15.2. The Bertz CT molecular complexity index is 878. The van der Waals surface area contributed by atoms with Crippen molar-refractivity contribution in [3.8, 4) is 17.2 Å². The average molecular weight is 336 g/mol. The molecule has 25 heavy (non-hydrogen) atoms. The molecule has 1 amide bonds. The van der Waals surface area contributed by atoms with Gasteiger partial charge in [-0.3, -0.25) is 4.79 Å². The summed E-state index contributed by atoms with van der Waals surface area (Å²) in [6.07, 6.45) is 2.21. The van der Waals surface area contributed by atoms with Crippen LogP contribution in [0.5, 0.6) is 0 Å². The van der Waals surface area contributed by atoms with Gasteiger partial charge in [-0.25, -0.2) is 4.39 Å². The van der Waals surface area contributed by atoms with Crippen LogP contribution >= 0.6 is 0 Å². The minimum Gasteiger partial charge on any atom is -0.323 e. The molecule has 0 unspecified atom stereocenters. The predicted molar refractivity (Wildman–Crippen MR) is 95.6 cm³/mol. The van der Waals surface area contributed by atoms with Gasteiger partial charge in [-0.1, -0.05) is 24.3 Å². The van der Waals surface area contributed by atoms with E-state index in [0.717, 1.165) is 23.1 Å². The fourth-order valence-electron chi connectivity index (χ4n) is 3.20. The van der Waals surface area contributed by atoms with Gasteiger partial charge < -0.3 is 4.90 Å². The molecule has 1 saturated carbocycles. The zero-order valence-corrected chi connectivity index (χ0v) is 14.8. The van der Waals surface area contributed by atoms with Crippen molar-refractivity contribution in [1.29, 1.82) is 5.26 Å². The smallest absolute Gasteiger partial charge is 0.257 e. The Kier molecular flexibility index (Phi) is 4.34. The SMILES string of the molecule is Cc1ccc(-c2ccc(C(=O)N(C)C3(C#N)CCC3)c(F)c2)cc1C. The summed E-state index contributed by atoms with van der Waals surface area (Å²) in [5.41, 5.74) is 3.20. The van der Waals surface area contributed by atoms with Gasteiger partial charge in [0.15, 0.2) is 0 Å². The van der Waals surface area contributed by atoms with Gasteiger partial charge in [-0.2, -0.15) is 5.26 Å². The van der Waals surface area contributed by atoms with Crippen LogP contribution in [0.25, 0.3) is 11.1 Å². The lowest BCUT2D eigenvalue weighted by atomic mass is 9.76. The molecule has 0 radical (unpaired) electrons. The second-order valence-corrected chi connectivity index (χ2v) is 6.85. The van der Waals surface area contributed by atoms with Gasteiger partial charge in [0, 0.05) is 7.05 Å². The average Bonchev–Trinajstić information content (AvgIpc) is 2.56. The van der Waals surface area contributed by atoms with Gasteiger partial charge in [0.25, 0.3) is 5.91 Å². The first-order valence-corrected chi connectivity index (χ1v) is 8.44. The third kappa shape index (κ3) is 2.91. The minimum absolute atomic E-state index is 0.0107. The minimum atomic E-state index is -0.781. The van der Waals surface area contributed by atoms with Crippen molar-refractivity contribution in [2.45, 2.75) is 38.6 Å². The van der Waals surface area contributed by atoms with Gasteiger partial charge in [-0.05, 0) is 67.5 Å². The molecule has 0 atom stereocenters. The number of aryl methyl sites for hydroxylation is 2. The summed E-state index contributed by atoms with van der Waals surface area (Å²) in [6, 6.07) is 12.8. The maximum atomic E-state index is 14.6. The number of amides is 1. The second kappa shape index (κ2) is 6.33. The molecule has 0 bridgehead atoms. The van der Waals surface area contributed by atoms with Crippen molar-refractivity contribution in [3.63, 3.8) is 0 Å². The first-order chi connectivity index (χ1) is 11.9. The number of carbonyl (C=O) groups is 1. The van der Waals surface area contributed by atoms with Crippen molar-refractivity contribution in [2.24, 2.45) is 0 Å². The van der Waals surface area contributed by atoms with E-state index in [1.54, 1.807) is 13.1 Å². The molecule has 4 heteroatoms. The summed E-state index contributed by atoms with van der Waals surface area (Å²) in [7, 11) is 1.58. The lowest BCUT2D eigenvalue weighted by Crippen LogP contribution is -2.53. The highest BCUT2D eigenvalue weighted by Crippen LogP contribution is 2.37. The number of benzene rings is 2. The number of halogens is 1. The number of hydrogen-bond acceptors (Lipinski definition) is 2. The van der Waals surface area contributed by atoms with E-state index in [2.05, 4.69) is 6.07 Å². The van der Waals surface area contributed by atoms with Gasteiger partial charge in [0.1, 0.15) is 11.4 Å². The van der Waals surface area contributed by atoms with Gasteiger partial charge in [-0.15, -0.1) is 0 Å². The molecular formula is C21H21FN2O. The third-order valence-electron chi connectivity index (χ3n) is 5.38. The van der Waals surface area contributed by atoms with E-state index in [1.165, 1.54) is 22.6 Å². The van der Waals surface area contributed by atoms with Crippen molar-refractivity contribution < 1.29 is 9.18 Å². The molecular weight excluding hydrogens is 315 g/mol. The van der Waals surface area contributed by atoms with Crippen LogP contribution in [0.3, 0.4) is 0 Å². The largest absolute Gasteiger partial charge is 0.323 e. The molecule has 0 saturated heterocycles. The molecule has 1 aliphatic carbocycles. The first kappa shape index (κ1) is 17.2. The first-order valence-electron chi connectivity index (χ1n) is 8.44. The molecule has 1 fully saturated rings. The van der Waals surface area contributed by atoms with E-state index in [1.807, 2.05) is 32.0 Å². The molecule has 0 spiro atoms. The van der Waals surface area contributed by atoms with Crippen LogP contribution in [0.4, 0.5) is 4.39 Å². The highest BCUT2D eigenvalue weighted by Gasteiger charge is 2.44. The topological polar surface area (TPSA) is 44.1 Å². The van der Waals surface area contributed by atoms with Crippen molar-refractivity contribution in [1.82, 2.24) is 4.90 Å². The Balaban J connectivity index is 1.90. The quantitative estimate of drug-likeness (QED) is 0.820. The number of carbonyl (C=O) groups excluding carboxylic acids is 1. The highest BCUT2D eigenvalue weighted by atomic mass is 19.1. The number of hydrogen-bond donors (Lipinski definition) is 0. The zero-order chi connectivity index (χ0) is 18.2. The lowest BCUT2D eigenvalue weighted by Gasteiger charge is -2.42. The van der Waals surface area contributed by atoms with Crippen LogP contribution in [-0.2, 0) is 0 Å². The molecule has 3 rings (SSSR count). The second-order valence-electron chi connectivity index (χ2n) is 6.85. The molecule has 0 aromatic heterocycles. The van der Waals surface area contributed by atoms with Gasteiger partial charge >= 0.3 is 0 Å². The number of nitriles is 1. The van der Waals surface area contributed by atoms with Crippen molar-refractivity contribution in [3.05, 3.63) is 58.9 Å². The summed E-state index contributed by atoms with van der Waals surface area (Å²) in [5.74, 6) is -0.995. The van der Waals surface area contributed by atoms with Crippen LogP contribution in [0.15, 0.2) is 36.4 Å². The van der Waals surface area contributed by atoms with E-state index >= 15 is 0 Å². The van der Waals surface area contributed by atoms with E-state index in [0.29, 0.717) is 12.8 Å². The third-order valence-corrected chi connectivity index (χ3v) is 5.38. The maximum absolute atomic E-state index is 14.6. The molecule has 2 aromatic carbocycles. The number of rotatable bonds is 3. The molecule has 0 heterocycles. The van der Waals surface area contributed by atoms with E-state index in [9.17, 15) is 14.4 Å². The Labute approximate surface area is 147 Å². The van der Waals surface area contributed by atoms with Crippen LogP contribution in [0, 0.1) is 31.0 Å². The predicted octanol–water partition coefficient (Wildman–Crippen LogP) is 4.63. The van der Waals surface area contributed by atoms with Crippen LogP contribution < -0.4 is 0 Å². The Hall–Kier alpha value is -2.67. The monoisotopic (exact) mass is 336 g/mol. The molecule has 0 N–H and O–H groups in total. The summed E-state index contributed by atoms with van der Waals surface area (Å²) in [4.78, 5) is 14.0. The lowest BCUT2D eigenvalue weighted by molar-refractivity contribution is 0.0493. The molecule has 3 nitrogen and oxygen atoms in total. The fraction of sp³-hybridized carbons (Fsp3) is 0.333. The summed E-state index contributed by atoms with van der Waals surface area (Å²) < 4.78 is 14.6. The molecule has 128 valence electrons.